The quantitative estimate of drug-likeness (QED) is 0.708. The standard InChI is InChI=1S/C22H36N2O4/c1-22(2)9-4-10-24(22)14-17-5-6-20(21(13-17)27-3)28-16-19(26)15-23-11-7-18(25)8-12-23/h5-6,13,18-19,25-26H,4,7-12,14-16H2,1-3H3/t19-/m0/s1. The summed E-state index contributed by atoms with van der Waals surface area (Å²) in [6, 6.07) is 6.08. The van der Waals surface area contributed by atoms with Crippen LogP contribution in [0, 0.1) is 0 Å². The van der Waals surface area contributed by atoms with E-state index >= 15 is 0 Å². The summed E-state index contributed by atoms with van der Waals surface area (Å²) in [7, 11) is 1.65. The first-order valence-corrected chi connectivity index (χ1v) is 10.5. The van der Waals surface area contributed by atoms with Crippen LogP contribution in [0.4, 0.5) is 0 Å². The van der Waals surface area contributed by atoms with Gasteiger partial charge in [0.2, 0.25) is 0 Å². The predicted molar refractivity (Wildman–Crippen MR) is 110 cm³/mol. The second kappa shape index (κ2) is 9.44. The molecule has 0 unspecified atom stereocenters. The number of aliphatic hydroxyl groups is 2. The van der Waals surface area contributed by atoms with Crippen LogP contribution in [-0.4, -0.2) is 77.7 Å². The van der Waals surface area contributed by atoms with E-state index in [9.17, 15) is 10.2 Å². The number of aliphatic hydroxyl groups excluding tert-OH is 2. The molecule has 1 aromatic carbocycles. The van der Waals surface area contributed by atoms with Crippen molar-refractivity contribution in [2.45, 2.75) is 63.8 Å². The number of nitrogens with zero attached hydrogens (tertiary/aromatic N) is 2. The molecule has 1 atom stereocenters. The number of methoxy groups -OCH3 is 1. The SMILES string of the molecule is COc1cc(CN2CCCC2(C)C)ccc1OC[C@@H](O)CN1CCC(O)CC1. The van der Waals surface area contributed by atoms with Gasteiger partial charge in [-0.05, 0) is 63.8 Å². The number of likely N-dealkylation sites (tertiary alicyclic amines) is 2. The minimum absolute atomic E-state index is 0.196. The third-order valence-corrected chi connectivity index (χ3v) is 6.13. The largest absolute Gasteiger partial charge is 0.493 e. The Bertz CT molecular complexity index is 629. The van der Waals surface area contributed by atoms with E-state index in [1.807, 2.05) is 12.1 Å². The molecule has 3 rings (SSSR count). The summed E-state index contributed by atoms with van der Waals surface area (Å²) in [5.41, 5.74) is 1.46. The molecule has 28 heavy (non-hydrogen) atoms. The normalized spacial score (nSPS) is 22.3. The minimum Gasteiger partial charge on any atom is -0.493 e. The minimum atomic E-state index is -0.565. The molecule has 2 heterocycles. The van der Waals surface area contributed by atoms with E-state index in [0.717, 1.165) is 39.0 Å². The van der Waals surface area contributed by atoms with Crippen molar-refractivity contribution in [3.05, 3.63) is 23.8 Å². The lowest BCUT2D eigenvalue weighted by Crippen LogP contribution is -2.41. The Labute approximate surface area is 169 Å². The van der Waals surface area contributed by atoms with Gasteiger partial charge in [-0.1, -0.05) is 6.07 Å². The molecule has 0 spiro atoms. The maximum absolute atomic E-state index is 10.3. The van der Waals surface area contributed by atoms with Gasteiger partial charge in [0.15, 0.2) is 11.5 Å². The van der Waals surface area contributed by atoms with Gasteiger partial charge in [-0.15, -0.1) is 0 Å². The fourth-order valence-corrected chi connectivity index (χ4v) is 4.24. The van der Waals surface area contributed by atoms with Gasteiger partial charge in [0.25, 0.3) is 0 Å². The Kier molecular flexibility index (Phi) is 7.20. The molecule has 6 heteroatoms. The fourth-order valence-electron chi connectivity index (χ4n) is 4.24. The first kappa shape index (κ1) is 21.4. The van der Waals surface area contributed by atoms with Crippen molar-refractivity contribution in [3.63, 3.8) is 0 Å². The van der Waals surface area contributed by atoms with Gasteiger partial charge in [-0.25, -0.2) is 0 Å². The van der Waals surface area contributed by atoms with Gasteiger partial charge in [-0.3, -0.25) is 4.90 Å². The summed E-state index contributed by atoms with van der Waals surface area (Å²) in [5.74, 6) is 1.38. The lowest BCUT2D eigenvalue weighted by Gasteiger charge is -2.31. The highest BCUT2D eigenvalue weighted by Gasteiger charge is 2.31. The van der Waals surface area contributed by atoms with E-state index in [1.54, 1.807) is 7.11 Å². The number of piperidine rings is 1. The second-order valence-electron chi connectivity index (χ2n) is 8.82. The number of β-amino-alcohol motifs (C(OH)–C–C–N with tert-alkyl or cyclic N) is 1. The number of hydrogen-bond donors (Lipinski definition) is 2. The highest BCUT2D eigenvalue weighted by atomic mass is 16.5. The van der Waals surface area contributed by atoms with E-state index < -0.39 is 6.10 Å². The van der Waals surface area contributed by atoms with Crippen molar-refractivity contribution >= 4 is 0 Å². The highest BCUT2D eigenvalue weighted by Crippen LogP contribution is 2.33. The van der Waals surface area contributed by atoms with Crippen LogP contribution < -0.4 is 9.47 Å². The van der Waals surface area contributed by atoms with Crippen LogP contribution in [0.1, 0.15) is 45.1 Å². The van der Waals surface area contributed by atoms with Crippen LogP contribution in [0.5, 0.6) is 11.5 Å². The first-order chi connectivity index (χ1) is 13.4. The van der Waals surface area contributed by atoms with E-state index in [4.69, 9.17) is 9.47 Å². The van der Waals surface area contributed by atoms with Crippen LogP contribution in [0.25, 0.3) is 0 Å². The second-order valence-corrected chi connectivity index (χ2v) is 8.82. The highest BCUT2D eigenvalue weighted by molar-refractivity contribution is 5.43. The van der Waals surface area contributed by atoms with Crippen molar-refractivity contribution in [1.82, 2.24) is 9.80 Å². The summed E-state index contributed by atoms with van der Waals surface area (Å²) in [5, 5.41) is 19.9. The molecule has 0 radical (unpaired) electrons. The Morgan fingerprint density at radius 1 is 1.18 bits per heavy atom. The van der Waals surface area contributed by atoms with Crippen molar-refractivity contribution in [2.75, 3.05) is 39.9 Å². The number of benzene rings is 1. The Hall–Kier alpha value is -1.34. The van der Waals surface area contributed by atoms with Crippen LogP contribution >= 0.6 is 0 Å². The van der Waals surface area contributed by atoms with Gasteiger partial charge in [0, 0.05) is 31.7 Å². The molecule has 2 aliphatic rings. The third kappa shape index (κ3) is 5.60. The molecule has 2 fully saturated rings. The van der Waals surface area contributed by atoms with E-state index in [1.165, 1.54) is 18.4 Å². The van der Waals surface area contributed by atoms with Crippen molar-refractivity contribution in [1.29, 1.82) is 0 Å². The topological polar surface area (TPSA) is 65.4 Å². The van der Waals surface area contributed by atoms with Gasteiger partial charge >= 0.3 is 0 Å². The monoisotopic (exact) mass is 392 g/mol. The molecular weight excluding hydrogens is 356 g/mol. The molecule has 0 amide bonds. The third-order valence-electron chi connectivity index (χ3n) is 6.13. The Morgan fingerprint density at radius 3 is 2.57 bits per heavy atom. The molecule has 0 aliphatic carbocycles. The lowest BCUT2D eigenvalue weighted by molar-refractivity contribution is 0.0333. The molecule has 2 N–H and O–H groups in total. The van der Waals surface area contributed by atoms with Crippen LogP contribution in [-0.2, 0) is 6.54 Å². The van der Waals surface area contributed by atoms with E-state index in [0.29, 0.717) is 18.0 Å². The summed E-state index contributed by atoms with van der Waals surface area (Å²) < 4.78 is 11.4. The van der Waals surface area contributed by atoms with Crippen LogP contribution in [0.15, 0.2) is 18.2 Å². The summed E-state index contributed by atoms with van der Waals surface area (Å²) in [6.45, 7) is 9.09. The van der Waals surface area contributed by atoms with Gasteiger partial charge < -0.3 is 24.6 Å². The molecule has 1 aromatic rings. The van der Waals surface area contributed by atoms with Crippen LogP contribution in [0.2, 0.25) is 0 Å². The fraction of sp³-hybridized carbons (Fsp3) is 0.727. The maximum atomic E-state index is 10.3. The Balaban J connectivity index is 1.52. The van der Waals surface area contributed by atoms with Crippen molar-refractivity contribution in [2.24, 2.45) is 0 Å². The van der Waals surface area contributed by atoms with Crippen molar-refractivity contribution < 1.29 is 19.7 Å². The van der Waals surface area contributed by atoms with Gasteiger partial charge in [-0.2, -0.15) is 0 Å². The molecule has 2 aliphatic heterocycles. The summed E-state index contributed by atoms with van der Waals surface area (Å²) >= 11 is 0. The number of hydrogen-bond acceptors (Lipinski definition) is 6. The average molecular weight is 393 g/mol. The summed E-state index contributed by atoms with van der Waals surface area (Å²) in [6.07, 6.45) is 3.27. The number of ether oxygens (including phenoxy) is 2. The Morgan fingerprint density at radius 2 is 1.93 bits per heavy atom. The zero-order chi connectivity index (χ0) is 20.1. The molecule has 6 nitrogen and oxygen atoms in total. The predicted octanol–water partition coefficient (Wildman–Crippen LogP) is 2.27. The van der Waals surface area contributed by atoms with Crippen LogP contribution in [0.3, 0.4) is 0 Å². The maximum Gasteiger partial charge on any atom is 0.161 e. The van der Waals surface area contributed by atoms with Crippen molar-refractivity contribution in [3.8, 4) is 11.5 Å². The summed E-state index contributed by atoms with van der Waals surface area (Å²) in [4.78, 5) is 4.69. The number of rotatable bonds is 8. The van der Waals surface area contributed by atoms with Gasteiger partial charge in [0.05, 0.1) is 13.2 Å². The average Bonchev–Trinajstić information content (AvgIpc) is 3.00. The van der Waals surface area contributed by atoms with E-state index in [-0.39, 0.29) is 18.2 Å². The van der Waals surface area contributed by atoms with Gasteiger partial charge in [0.1, 0.15) is 12.7 Å². The zero-order valence-corrected chi connectivity index (χ0v) is 17.6. The molecule has 2 saturated heterocycles. The zero-order valence-electron chi connectivity index (χ0n) is 17.6. The molecule has 0 saturated carbocycles. The van der Waals surface area contributed by atoms with E-state index in [2.05, 4.69) is 29.7 Å². The molecule has 158 valence electrons. The molecular formula is C22H36N2O4. The molecule has 0 bridgehead atoms. The lowest BCUT2D eigenvalue weighted by atomic mass is 10.0. The smallest absolute Gasteiger partial charge is 0.161 e. The first-order valence-electron chi connectivity index (χ1n) is 10.5. The molecule has 0 aromatic heterocycles.